The summed E-state index contributed by atoms with van der Waals surface area (Å²) in [6.07, 6.45) is 1.04. The summed E-state index contributed by atoms with van der Waals surface area (Å²) in [4.78, 5) is 27.6. The molecule has 0 spiro atoms. The number of methoxy groups -OCH3 is 1. The van der Waals surface area contributed by atoms with Crippen LogP contribution in [0.5, 0.6) is 5.75 Å². The SMILES string of the molecule is COc1ccc(CN(C)C(=O)CN(c2ccc(C(=O)N(C)C)cc2)S(C)(=O)=O)cc1. The van der Waals surface area contributed by atoms with Crippen molar-refractivity contribution in [2.75, 3.05) is 45.4 Å². The highest BCUT2D eigenvalue weighted by atomic mass is 32.2. The van der Waals surface area contributed by atoms with Crippen LogP contribution >= 0.6 is 0 Å². The molecule has 0 atom stereocenters. The van der Waals surface area contributed by atoms with Gasteiger partial charge in [0, 0.05) is 33.3 Å². The first kappa shape index (κ1) is 23.2. The van der Waals surface area contributed by atoms with Gasteiger partial charge < -0.3 is 14.5 Å². The Labute approximate surface area is 177 Å². The maximum atomic E-state index is 12.7. The van der Waals surface area contributed by atoms with Gasteiger partial charge in [-0.2, -0.15) is 0 Å². The Hall–Kier alpha value is -3.07. The van der Waals surface area contributed by atoms with Gasteiger partial charge in [-0.15, -0.1) is 0 Å². The number of carbonyl (C=O) groups excluding carboxylic acids is 2. The lowest BCUT2D eigenvalue weighted by Crippen LogP contribution is -2.41. The Morgan fingerprint density at radius 3 is 1.97 bits per heavy atom. The summed E-state index contributed by atoms with van der Waals surface area (Å²) < 4.78 is 30.8. The molecule has 0 heterocycles. The first-order valence-electron chi connectivity index (χ1n) is 9.19. The largest absolute Gasteiger partial charge is 0.497 e. The molecule has 0 aliphatic rings. The molecule has 162 valence electrons. The average Bonchev–Trinajstić information content (AvgIpc) is 2.71. The van der Waals surface area contributed by atoms with Crippen LogP contribution < -0.4 is 9.04 Å². The van der Waals surface area contributed by atoms with Gasteiger partial charge in [0.05, 0.1) is 19.1 Å². The van der Waals surface area contributed by atoms with Gasteiger partial charge in [-0.25, -0.2) is 8.42 Å². The lowest BCUT2D eigenvalue weighted by Gasteiger charge is -2.25. The third-order valence-electron chi connectivity index (χ3n) is 4.49. The van der Waals surface area contributed by atoms with Gasteiger partial charge in [0.25, 0.3) is 5.91 Å². The van der Waals surface area contributed by atoms with Crippen molar-refractivity contribution in [2.45, 2.75) is 6.54 Å². The van der Waals surface area contributed by atoms with Gasteiger partial charge in [0.1, 0.15) is 12.3 Å². The molecule has 0 radical (unpaired) electrons. The number of sulfonamides is 1. The van der Waals surface area contributed by atoms with Crippen molar-refractivity contribution in [2.24, 2.45) is 0 Å². The normalized spacial score (nSPS) is 11.0. The van der Waals surface area contributed by atoms with E-state index in [-0.39, 0.29) is 18.4 Å². The van der Waals surface area contributed by atoms with E-state index in [0.29, 0.717) is 23.5 Å². The number of hydrogen-bond donors (Lipinski definition) is 0. The molecule has 0 saturated heterocycles. The van der Waals surface area contributed by atoms with E-state index in [2.05, 4.69) is 0 Å². The Morgan fingerprint density at radius 1 is 0.933 bits per heavy atom. The minimum absolute atomic E-state index is 0.192. The Balaban J connectivity index is 2.15. The first-order valence-corrected chi connectivity index (χ1v) is 11.0. The van der Waals surface area contributed by atoms with Gasteiger partial charge in [-0.05, 0) is 42.0 Å². The molecule has 2 amide bonds. The van der Waals surface area contributed by atoms with Gasteiger partial charge >= 0.3 is 0 Å². The molecule has 0 aliphatic heterocycles. The molecular formula is C21H27N3O5S. The second kappa shape index (κ2) is 9.62. The van der Waals surface area contributed by atoms with Crippen LogP contribution in [-0.4, -0.2) is 71.1 Å². The number of carbonyl (C=O) groups is 2. The summed E-state index contributed by atoms with van der Waals surface area (Å²) in [5.41, 5.74) is 1.64. The summed E-state index contributed by atoms with van der Waals surface area (Å²) in [7, 11) is 2.76. The Bertz CT molecular complexity index is 986. The fraction of sp³-hybridized carbons (Fsp3) is 0.333. The molecule has 9 heteroatoms. The van der Waals surface area contributed by atoms with Gasteiger partial charge in [0.2, 0.25) is 15.9 Å². The van der Waals surface area contributed by atoms with E-state index < -0.39 is 10.0 Å². The zero-order valence-electron chi connectivity index (χ0n) is 17.8. The zero-order valence-corrected chi connectivity index (χ0v) is 18.6. The van der Waals surface area contributed by atoms with E-state index in [1.54, 1.807) is 52.5 Å². The van der Waals surface area contributed by atoms with Crippen molar-refractivity contribution in [3.63, 3.8) is 0 Å². The molecule has 0 N–H and O–H groups in total. The molecule has 2 rings (SSSR count). The van der Waals surface area contributed by atoms with E-state index in [1.807, 2.05) is 12.1 Å². The number of anilines is 1. The molecule has 30 heavy (non-hydrogen) atoms. The van der Waals surface area contributed by atoms with Crippen LogP contribution in [-0.2, 0) is 21.4 Å². The van der Waals surface area contributed by atoms with Crippen LogP contribution in [0.2, 0.25) is 0 Å². The van der Waals surface area contributed by atoms with Crippen LogP contribution in [0.3, 0.4) is 0 Å². The van der Waals surface area contributed by atoms with Gasteiger partial charge in [0.15, 0.2) is 0 Å². The first-order chi connectivity index (χ1) is 14.0. The summed E-state index contributed by atoms with van der Waals surface area (Å²) >= 11 is 0. The minimum Gasteiger partial charge on any atom is -0.497 e. The molecule has 0 unspecified atom stereocenters. The van der Waals surface area contributed by atoms with E-state index in [9.17, 15) is 18.0 Å². The van der Waals surface area contributed by atoms with E-state index >= 15 is 0 Å². The number of benzene rings is 2. The minimum atomic E-state index is -3.70. The summed E-state index contributed by atoms with van der Waals surface area (Å²) in [5.74, 6) is 0.166. The molecule has 2 aromatic rings. The Kier molecular flexibility index (Phi) is 7.44. The van der Waals surface area contributed by atoms with E-state index in [4.69, 9.17) is 4.74 Å². The number of nitrogens with zero attached hydrogens (tertiary/aromatic N) is 3. The van der Waals surface area contributed by atoms with Crippen molar-refractivity contribution in [3.05, 3.63) is 59.7 Å². The second-order valence-electron chi connectivity index (χ2n) is 7.11. The number of ether oxygens (including phenoxy) is 1. The summed E-state index contributed by atoms with van der Waals surface area (Å²) in [6, 6.07) is 13.4. The fourth-order valence-electron chi connectivity index (χ4n) is 2.77. The quantitative estimate of drug-likeness (QED) is 0.634. The predicted molar refractivity (Wildman–Crippen MR) is 116 cm³/mol. The molecule has 0 saturated carbocycles. The van der Waals surface area contributed by atoms with Crippen LogP contribution in [0.4, 0.5) is 5.69 Å². The highest BCUT2D eigenvalue weighted by molar-refractivity contribution is 7.92. The standard InChI is InChI=1S/C21H27N3O5S/c1-22(2)21(26)17-8-10-18(11-9-17)24(30(5,27)28)15-20(25)23(3)14-16-6-12-19(29-4)13-7-16/h6-13H,14-15H2,1-5H3. The molecule has 0 aromatic heterocycles. The van der Waals surface area contributed by atoms with Crippen LogP contribution in [0, 0.1) is 0 Å². The molecule has 2 aromatic carbocycles. The number of likely N-dealkylation sites (N-methyl/N-ethyl adjacent to an activating group) is 1. The topological polar surface area (TPSA) is 87.2 Å². The smallest absolute Gasteiger partial charge is 0.253 e. The average molecular weight is 434 g/mol. The lowest BCUT2D eigenvalue weighted by atomic mass is 10.2. The van der Waals surface area contributed by atoms with Crippen LogP contribution in [0.15, 0.2) is 48.5 Å². The highest BCUT2D eigenvalue weighted by Crippen LogP contribution is 2.20. The third kappa shape index (κ3) is 5.96. The second-order valence-corrected chi connectivity index (χ2v) is 9.02. The monoisotopic (exact) mass is 433 g/mol. The Morgan fingerprint density at radius 2 is 1.50 bits per heavy atom. The van der Waals surface area contributed by atoms with Crippen molar-refractivity contribution in [3.8, 4) is 5.75 Å². The molecule has 0 aliphatic carbocycles. The van der Waals surface area contributed by atoms with Gasteiger partial charge in [-0.1, -0.05) is 12.1 Å². The number of hydrogen-bond acceptors (Lipinski definition) is 5. The molecule has 8 nitrogen and oxygen atoms in total. The van der Waals surface area contributed by atoms with Crippen molar-refractivity contribution in [1.82, 2.24) is 9.80 Å². The van der Waals surface area contributed by atoms with Crippen LogP contribution in [0.25, 0.3) is 0 Å². The lowest BCUT2D eigenvalue weighted by molar-refractivity contribution is -0.128. The zero-order chi connectivity index (χ0) is 22.5. The van der Waals surface area contributed by atoms with Crippen molar-refractivity contribution in [1.29, 1.82) is 0 Å². The molecular weight excluding hydrogens is 406 g/mol. The fourth-order valence-corrected chi connectivity index (χ4v) is 3.61. The number of amides is 2. The highest BCUT2D eigenvalue weighted by Gasteiger charge is 2.23. The predicted octanol–water partition coefficient (Wildman–Crippen LogP) is 1.82. The van der Waals surface area contributed by atoms with Crippen molar-refractivity contribution >= 4 is 27.5 Å². The maximum absolute atomic E-state index is 12.7. The summed E-state index contributed by atoms with van der Waals surface area (Å²) in [5, 5.41) is 0. The third-order valence-corrected chi connectivity index (χ3v) is 5.63. The van der Waals surface area contributed by atoms with E-state index in [0.717, 1.165) is 16.1 Å². The summed E-state index contributed by atoms with van der Waals surface area (Å²) in [6.45, 7) is -0.0107. The molecule has 0 bridgehead atoms. The van der Waals surface area contributed by atoms with Gasteiger partial charge in [-0.3, -0.25) is 13.9 Å². The molecule has 0 fully saturated rings. The maximum Gasteiger partial charge on any atom is 0.253 e. The number of rotatable bonds is 8. The van der Waals surface area contributed by atoms with Crippen LogP contribution in [0.1, 0.15) is 15.9 Å². The van der Waals surface area contributed by atoms with Crippen molar-refractivity contribution < 1.29 is 22.7 Å². The van der Waals surface area contributed by atoms with E-state index in [1.165, 1.54) is 21.9 Å².